The Kier molecular flexibility index (Phi) is 10.1. The van der Waals surface area contributed by atoms with Gasteiger partial charge in [0.2, 0.25) is 5.91 Å². The Bertz CT molecular complexity index is 657. The third-order valence-corrected chi connectivity index (χ3v) is 6.08. The standard InChI is InChI=1S/C21H33N3O2.2ClH/c1-15-12-20(26-4)16(2)11-18(15)14-23-9-7-19-17(13-23)5-6-21(25)24(19)10-8-22-3;;/h11-12,17,19,22H,5-10,13-14H2,1-4H3;2*1H/t17-,19+;;/m0../s1. The Hall–Kier alpha value is -1.01. The maximum Gasteiger partial charge on any atom is 0.222 e. The van der Waals surface area contributed by atoms with Crippen LogP contribution in [-0.4, -0.2) is 62.1 Å². The second-order valence-electron chi connectivity index (χ2n) is 7.83. The van der Waals surface area contributed by atoms with E-state index in [2.05, 4.69) is 41.1 Å². The van der Waals surface area contributed by atoms with E-state index >= 15 is 0 Å². The highest BCUT2D eigenvalue weighted by molar-refractivity contribution is 5.85. The first-order valence-electron chi connectivity index (χ1n) is 9.84. The van der Waals surface area contributed by atoms with E-state index in [-0.39, 0.29) is 24.8 Å². The molecule has 0 radical (unpaired) electrons. The van der Waals surface area contributed by atoms with Crippen LogP contribution in [0.1, 0.15) is 36.0 Å². The van der Waals surface area contributed by atoms with Gasteiger partial charge in [-0.15, -0.1) is 24.8 Å². The van der Waals surface area contributed by atoms with Crippen LogP contribution >= 0.6 is 24.8 Å². The molecule has 1 N–H and O–H groups in total. The third-order valence-electron chi connectivity index (χ3n) is 6.08. The predicted octanol–water partition coefficient (Wildman–Crippen LogP) is 3.19. The van der Waals surface area contributed by atoms with Gasteiger partial charge in [0.1, 0.15) is 5.75 Å². The number of amides is 1. The van der Waals surface area contributed by atoms with Gasteiger partial charge in [-0.05, 0) is 62.4 Å². The van der Waals surface area contributed by atoms with Gasteiger partial charge in [0, 0.05) is 45.2 Å². The van der Waals surface area contributed by atoms with E-state index in [0.29, 0.717) is 24.3 Å². The summed E-state index contributed by atoms with van der Waals surface area (Å²) in [6.45, 7) is 9.15. The predicted molar refractivity (Wildman–Crippen MR) is 119 cm³/mol. The van der Waals surface area contributed by atoms with Crippen molar-refractivity contribution in [3.8, 4) is 5.75 Å². The first kappa shape index (κ1) is 25.0. The minimum atomic E-state index is 0. The first-order chi connectivity index (χ1) is 12.5. The van der Waals surface area contributed by atoms with Gasteiger partial charge < -0.3 is 15.0 Å². The monoisotopic (exact) mass is 431 g/mol. The Morgan fingerprint density at radius 3 is 2.61 bits per heavy atom. The number of likely N-dealkylation sites (tertiary alicyclic amines) is 2. The lowest BCUT2D eigenvalue weighted by atomic mass is 9.83. The summed E-state index contributed by atoms with van der Waals surface area (Å²) in [7, 11) is 3.68. The van der Waals surface area contributed by atoms with Crippen LogP contribution in [0, 0.1) is 19.8 Å². The molecule has 1 aromatic rings. The van der Waals surface area contributed by atoms with Gasteiger partial charge in [0.05, 0.1) is 7.11 Å². The molecule has 2 aliphatic rings. The van der Waals surface area contributed by atoms with E-state index in [9.17, 15) is 4.79 Å². The molecule has 0 aliphatic carbocycles. The molecule has 160 valence electrons. The zero-order valence-electron chi connectivity index (χ0n) is 17.5. The third kappa shape index (κ3) is 5.53. The number of ether oxygens (including phenoxy) is 1. The molecule has 0 saturated carbocycles. The number of hydrogen-bond donors (Lipinski definition) is 1. The van der Waals surface area contributed by atoms with Gasteiger partial charge >= 0.3 is 0 Å². The maximum absolute atomic E-state index is 12.3. The second-order valence-corrected chi connectivity index (χ2v) is 7.83. The largest absolute Gasteiger partial charge is 0.496 e. The minimum Gasteiger partial charge on any atom is -0.496 e. The van der Waals surface area contributed by atoms with Crippen molar-refractivity contribution in [3.05, 3.63) is 28.8 Å². The van der Waals surface area contributed by atoms with Gasteiger partial charge in [0.25, 0.3) is 0 Å². The molecule has 0 bridgehead atoms. The molecule has 0 aromatic heterocycles. The van der Waals surface area contributed by atoms with Crippen molar-refractivity contribution in [1.29, 1.82) is 0 Å². The van der Waals surface area contributed by atoms with Gasteiger partial charge in [-0.3, -0.25) is 9.69 Å². The van der Waals surface area contributed by atoms with E-state index in [1.54, 1.807) is 7.11 Å². The molecule has 28 heavy (non-hydrogen) atoms. The fraction of sp³-hybridized carbons (Fsp3) is 0.667. The lowest BCUT2D eigenvalue weighted by Crippen LogP contribution is -2.56. The summed E-state index contributed by atoms with van der Waals surface area (Å²) in [5.74, 6) is 1.92. The molecule has 2 atom stereocenters. The molecule has 1 aromatic carbocycles. The molecular formula is C21H35Cl2N3O2. The van der Waals surface area contributed by atoms with Crippen molar-refractivity contribution in [2.24, 2.45) is 5.92 Å². The maximum atomic E-state index is 12.3. The number of fused-ring (bicyclic) bond motifs is 1. The van der Waals surface area contributed by atoms with Crippen molar-refractivity contribution in [1.82, 2.24) is 15.1 Å². The van der Waals surface area contributed by atoms with Crippen molar-refractivity contribution >= 4 is 30.7 Å². The Morgan fingerprint density at radius 1 is 1.18 bits per heavy atom. The molecule has 2 saturated heterocycles. The van der Waals surface area contributed by atoms with Crippen LogP contribution in [-0.2, 0) is 11.3 Å². The van der Waals surface area contributed by atoms with Gasteiger partial charge in [-0.25, -0.2) is 0 Å². The number of benzene rings is 1. The molecule has 0 spiro atoms. The molecule has 5 nitrogen and oxygen atoms in total. The van der Waals surface area contributed by atoms with E-state index in [4.69, 9.17) is 4.74 Å². The summed E-state index contributed by atoms with van der Waals surface area (Å²) < 4.78 is 5.44. The van der Waals surface area contributed by atoms with Gasteiger partial charge in [-0.1, -0.05) is 6.07 Å². The molecular weight excluding hydrogens is 397 g/mol. The van der Waals surface area contributed by atoms with Crippen LogP contribution in [0.3, 0.4) is 0 Å². The van der Waals surface area contributed by atoms with Crippen LogP contribution in [0.2, 0.25) is 0 Å². The number of aryl methyl sites for hydroxylation is 2. The molecule has 2 heterocycles. The fourth-order valence-electron chi connectivity index (χ4n) is 4.57. The molecule has 0 unspecified atom stereocenters. The average molecular weight is 432 g/mol. The molecule has 2 aliphatic heterocycles. The summed E-state index contributed by atoms with van der Waals surface area (Å²) in [5.41, 5.74) is 3.88. The van der Waals surface area contributed by atoms with E-state index < -0.39 is 0 Å². The second kappa shape index (κ2) is 11.2. The van der Waals surface area contributed by atoms with Crippen LogP contribution in [0.25, 0.3) is 0 Å². The topological polar surface area (TPSA) is 44.8 Å². The minimum absolute atomic E-state index is 0. The van der Waals surface area contributed by atoms with Crippen molar-refractivity contribution < 1.29 is 9.53 Å². The zero-order valence-corrected chi connectivity index (χ0v) is 19.1. The van der Waals surface area contributed by atoms with Gasteiger partial charge in [0.15, 0.2) is 0 Å². The summed E-state index contributed by atoms with van der Waals surface area (Å²) in [6, 6.07) is 4.85. The number of carbonyl (C=O) groups excluding carboxylic acids is 1. The Labute approximate surface area is 182 Å². The summed E-state index contributed by atoms with van der Waals surface area (Å²) in [6.07, 6.45) is 2.84. The molecule has 1 amide bonds. The number of rotatable bonds is 6. The lowest BCUT2D eigenvalue weighted by Gasteiger charge is -2.47. The summed E-state index contributed by atoms with van der Waals surface area (Å²) in [5, 5.41) is 3.18. The average Bonchev–Trinajstić information content (AvgIpc) is 2.63. The molecule has 3 rings (SSSR count). The van der Waals surface area contributed by atoms with E-state index in [1.807, 2.05) is 7.05 Å². The van der Waals surface area contributed by atoms with Crippen molar-refractivity contribution in [2.45, 2.75) is 45.7 Å². The van der Waals surface area contributed by atoms with Gasteiger partial charge in [-0.2, -0.15) is 0 Å². The van der Waals surface area contributed by atoms with Crippen LogP contribution in [0.15, 0.2) is 12.1 Å². The van der Waals surface area contributed by atoms with E-state index in [1.165, 1.54) is 16.7 Å². The number of hydrogen-bond acceptors (Lipinski definition) is 4. The van der Waals surface area contributed by atoms with E-state index in [0.717, 1.165) is 51.3 Å². The highest BCUT2D eigenvalue weighted by Gasteiger charge is 2.38. The van der Waals surface area contributed by atoms with Crippen LogP contribution in [0.4, 0.5) is 0 Å². The molecule has 2 fully saturated rings. The quantitative estimate of drug-likeness (QED) is 0.750. The highest BCUT2D eigenvalue weighted by atomic mass is 35.5. The first-order valence-corrected chi connectivity index (χ1v) is 9.84. The number of piperidine rings is 2. The highest BCUT2D eigenvalue weighted by Crippen LogP contribution is 2.32. The number of nitrogens with one attached hydrogen (secondary N) is 1. The number of likely N-dealkylation sites (N-methyl/N-ethyl adjacent to an activating group) is 1. The normalized spacial score (nSPS) is 22.1. The summed E-state index contributed by atoms with van der Waals surface area (Å²) >= 11 is 0. The molecule has 7 heteroatoms. The Balaban J connectivity index is 0.00000196. The van der Waals surface area contributed by atoms with Crippen molar-refractivity contribution in [3.63, 3.8) is 0 Å². The number of halogens is 2. The summed E-state index contributed by atoms with van der Waals surface area (Å²) in [4.78, 5) is 17.1. The lowest BCUT2D eigenvalue weighted by molar-refractivity contribution is -0.141. The Morgan fingerprint density at radius 2 is 1.93 bits per heavy atom. The number of nitrogens with zero attached hydrogens (tertiary/aromatic N) is 2. The van der Waals surface area contributed by atoms with Crippen LogP contribution < -0.4 is 10.1 Å². The SMILES string of the molecule is CNCCN1C(=O)CC[C@H]2CN(Cc3cc(C)c(OC)cc3C)CC[C@H]21.Cl.Cl. The fourth-order valence-corrected chi connectivity index (χ4v) is 4.57. The zero-order chi connectivity index (χ0) is 18.7. The number of methoxy groups -OCH3 is 1. The van der Waals surface area contributed by atoms with Crippen LogP contribution in [0.5, 0.6) is 5.75 Å². The smallest absolute Gasteiger partial charge is 0.222 e. The van der Waals surface area contributed by atoms with Crippen molar-refractivity contribution in [2.75, 3.05) is 40.3 Å². The number of carbonyl (C=O) groups is 1.